The van der Waals surface area contributed by atoms with E-state index in [0.29, 0.717) is 27.0 Å². The monoisotopic (exact) mass is 476 g/mol. The number of aromatic nitrogens is 3. The summed E-state index contributed by atoms with van der Waals surface area (Å²) in [7, 11) is 0. The van der Waals surface area contributed by atoms with Gasteiger partial charge >= 0.3 is 0 Å². The first-order valence-electron chi connectivity index (χ1n) is 9.08. The third-order valence-electron chi connectivity index (χ3n) is 4.25. The molecule has 31 heavy (non-hydrogen) atoms. The third-order valence-corrected chi connectivity index (χ3v) is 5.94. The quantitative estimate of drug-likeness (QED) is 0.373. The molecule has 0 radical (unpaired) electrons. The molecule has 10 heteroatoms. The van der Waals surface area contributed by atoms with Crippen LogP contribution in [0.25, 0.3) is 0 Å². The highest BCUT2D eigenvalue weighted by Gasteiger charge is 2.14. The maximum Gasteiger partial charge on any atom is 0.268 e. The molecule has 158 valence electrons. The lowest BCUT2D eigenvalue weighted by molar-refractivity contribution is 0.102. The summed E-state index contributed by atoms with van der Waals surface area (Å²) in [5, 5.41) is 9.72. The van der Waals surface area contributed by atoms with E-state index in [1.54, 1.807) is 47.8 Å². The Kier molecular flexibility index (Phi) is 6.50. The van der Waals surface area contributed by atoms with E-state index in [1.807, 2.05) is 0 Å². The first-order chi connectivity index (χ1) is 15.0. The van der Waals surface area contributed by atoms with Gasteiger partial charge in [0.15, 0.2) is 11.6 Å². The number of amides is 1. The molecule has 0 saturated heterocycles. The van der Waals surface area contributed by atoms with E-state index in [9.17, 15) is 9.18 Å². The van der Waals surface area contributed by atoms with E-state index in [4.69, 9.17) is 27.9 Å². The van der Waals surface area contributed by atoms with Gasteiger partial charge in [0.05, 0.1) is 11.4 Å². The lowest BCUT2D eigenvalue weighted by atomic mass is 10.2. The summed E-state index contributed by atoms with van der Waals surface area (Å²) in [5.41, 5.74) is 1.47. The number of hydrogen-bond acceptors (Lipinski definition) is 5. The molecule has 0 fully saturated rings. The summed E-state index contributed by atoms with van der Waals surface area (Å²) in [6.07, 6.45) is 1.48. The van der Waals surface area contributed by atoms with Crippen molar-refractivity contribution in [2.45, 2.75) is 13.2 Å². The fraction of sp³-hybridized carbons (Fsp3) is 0.0952. The van der Waals surface area contributed by atoms with Crippen molar-refractivity contribution in [2.24, 2.45) is 0 Å². The molecule has 1 amide bonds. The van der Waals surface area contributed by atoms with Gasteiger partial charge in [-0.05, 0) is 35.7 Å². The lowest BCUT2D eigenvalue weighted by Gasteiger charge is -2.06. The first-order valence-corrected chi connectivity index (χ1v) is 10.7. The second kappa shape index (κ2) is 9.47. The Morgan fingerprint density at radius 2 is 1.94 bits per heavy atom. The van der Waals surface area contributed by atoms with E-state index in [1.165, 1.54) is 28.4 Å². The van der Waals surface area contributed by atoms with Crippen LogP contribution in [0.2, 0.25) is 10.0 Å². The number of carbonyl (C=O) groups excluding carboxylic acids is 1. The van der Waals surface area contributed by atoms with Crippen molar-refractivity contribution in [2.75, 3.05) is 5.32 Å². The van der Waals surface area contributed by atoms with Crippen LogP contribution in [0.5, 0.6) is 5.75 Å². The van der Waals surface area contributed by atoms with Crippen molar-refractivity contribution in [3.63, 3.8) is 0 Å². The first kappa shape index (κ1) is 21.3. The number of para-hydroxylation sites is 1. The van der Waals surface area contributed by atoms with Crippen molar-refractivity contribution in [3.05, 3.63) is 92.1 Å². The van der Waals surface area contributed by atoms with Crippen LogP contribution in [0.15, 0.2) is 60.2 Å². The Bertz CT molecular complexity index is 1210. The Morgan fingerprint density at radius 3 is 2.71 bits per heavy atom. The van der Waals surface area contributed by atoms with Crippen molar-refractivity contribution in [1.82, 2.24) is 14.8 Å². The van der Waals surface area contributed by atoms with Crippen LogP contribution in [0, 0.1) is 5.82 Å². The number of halogens is 3. The molecule has 0 aliphatic heterocycles. The number of hydrogen-bond donors (Lipinski definition) is 1. The molecule has 0 aliphatic rings. The molecule has 1 N–H and O–H groups in total. The highest BCUT2D eigenvalue weighted by atomic mass is 35.5. The average molecular weight is 477 g/mol. The predicted octanol–water partition coefficient (Wildman–Crippen LogP) is 5.67. The summed E-state index contributed by atoms with van der Waals surface area (Å²) in [5.74, 6) is -0.468. The topological polar surface area (TPSA) is 69.0 Å². The Labute approximate surface area is 191 Å². The molecule has 4 rings (SSSR count). The van der Waals surface area contributed by atoms with Crippen LogP contribution in [0.1, 0.15) is 20.8 Å². The van der Waals surface area contributed by atoms with E-state index in [0.717, 1.165) is 5.56 Å². The van der Waals surface area contributed by atoms with E-state index >= 15 is 0 Å². The summed E-state index contributed by atoms with van der Waals surface area (Å²) in [6, 6.07) is 13.1. The van der Waals surface area contributed by atoms with Crippen molar-refractivity contribution in [1.29, 1.82) is 0 Å². The maximum atomic E-state index is 13.6. The minimum absolute atomic E-state index is 0.149. The van der Waals surface area contributed by atoms with Gasteiger partial charge < -0.3 is 4.74 Å². The Morgan fingerprint density at radius 1 is 1.16 bits per heavy atom. The molecule has 2 aromatic heterocycles. The number of ether oxygens (including phenoxy) is 1. The minimum Gasteiger partial charge on any atom is -0.486 e. The second-order valence-electron chi connectivity index (χ2n) is 6.46. The standard InChI is InChI=1S/C21H15Cl2FN4O2S/c22-15-4-3-5-16(23)14(15)9-28-12-25-21(27-28)26-20(29)19-8-13(11-31-19)10-30-18-7-2-1-6-17(18)24/h1-8,11-12H,9-10H2,(H,26,27,29). The molecule has 2 aromatic carbocycles. The SMILES string of the molecule is O=C(Nc1ncn(Cc2c(Cl)cccc2Cl)n1)c1cc(COc2ccccc2F)cs1. The number of benzene rings is 2. The predicted molar refractivity (Wildman–Crippen MR) is 119 cm³/mol. The third kappa shape index (κ3) is 5.22. The zero-order valence-corrected chi connectivity index (χ0v) is 18.2. The van der Waals surface area contributed by atoms with Crippen molar-refractivity contribution < 1.29 is 13.9 Å². The number of nitrogens with one attached hydrogen (secondary N) is 1. The van der Waals surface area contributed by atoms with E-state index in [2.05, 4.69) is 15.4 Å². The summed E-state index contributed by atoms with van der Waals surface area (Å²) >= 11 is 13.6. The lowest BCUT2D eigenvalue weighted by Crippen LogP contribution is -2.12. The fourth-order valence-corrected chi connectivity index (χ4v) is 4.04. The molecule has 0 spiro atoms. The van der Waals surface area contributed by atoms with E-state index in [-0.39, 0.29) is 24.2 Å². The van der Waals surface area contributed by atoms with Gasteiger partial charge in [-0.2, -0.15) is 0 Å². The molecular formula is C21H15Cl2FN4O2S. The van der Waals surface area contributed by atoms with Gasteiger partial charge in [0.2, 0.25) is 5.95 Å². The zero-order chi connectivity index (χ0) is 21.8. The summed E-state index contributed by atoms with van der Waals surface area (Å²) in [6.45, 7) is 0.466. The van der Waals surface area contributed by atoms with Crippen LogP contribution >= 0.6 is 34.5 Å². The van der Waals surface area contributed by atoms with Gasteiger partial charge in [-0.3, -0.25) is 10.1 Å². The molecule has 0 saturated carbocycles. The number of thiophene rings is 1. The second-order valence-corrected chi connectivity index (χ2v) is 8.18. The molecule has 4 aromatic rings. The van der Waals surface area contributed by atoms with Crippen LogP contribution < -0.4 is 10.1 Å². The highest BCUT2D eigenvalue weighted by molar-refractivity contribution is 7.12. The van der Waals surface area contributed by atoms with Gasteiger partial charge in [-0.25, -0.2) is 14.1 Å². The van der Waals surface area contributed by atoms with Gasteiger partial charge in [0.1, 0.15) is 12.9 Å². The highest BCUT2D eigenvalue weighted by Crippen LogP contribution is 2.25. The smallest absolute Gasteiger partial charge is 0.268 e. The number of rotatable bonds is 7. The van der Waals surface area contributed by atoms with Crippen LogP contribution in [-0.2, 0) is 13.2 Å². The largest absolute Gasteiger partial charge is 0.486 e. The Hall–Kier alpha value is -2.94. The minimum atomic E-state index is -0.435. The molecule has 0 unspecified atom stereocenters. The number of nitrogens with zero attached hydrogens (tertiary/aromatic N) is 3. The van der Waals surface area contributed by atoms with E-state index < -0.39 is 5.82 Å². The number of carbonyl (C=O) groups is 1. The van der Waals surface area contributed by atoms with Crippen LogP contribution in [0.4, 0.5) is 10.3 Å². The Balaban J connectivity index is 1.36. The maximum absolute atomic E-state index is 13.6. The zero-order valence-electron chi connectivity index (χ0n) is 15.9. The summed E-state index contributed by atoms with van der Waals surface area (Å²) < 4.78 is 20.6. The fourth-order valence-electron chi connectivity index (χ4n) is 2.73. The molecule has 0 aliphatic carbocycles. The molecular weight excluding hydrogens is 462 g/mol. The van der Waals surface area contributed by atoms with Crippen molar-refractivity contribution in [3.8, 4) is 5.75 Å². The van der Waals surface area contributed by atoms with Crippen LogP contribution in [0.3, 0.4) is 0 Å². The van der Waals surface area contributed by atoms with Gasteiger partial charge in [-0.15, -0.1) is 16.4 Å². The molecule has 2 heterocycles. The van der Waals surface area contributed by atoms with Gasteiger partial charge in [-0.1, -0.05) is 41.4 Å². The molecule has 0 bridgehead atoms. The van der Waals surface area contributed by atoms with Crippen molar-refractivity contribution >= 4 is 46.4 Å². The normalized spacial score (nSPS) is 10.8. The van der Waals surface area contributed by atoms with Gasteiger partial charge in [0.25, 0.3) is 5.91 Å². The summed E-state index contributed by atoms with van der Waals surface area (Å²) in [4.78, 5) is 17.1. The van der Waals surface area contributed by atoms with Crippen LogP contribution in [-0.4, -0.2) is 20.7 Å². The molecule has 0 atom stereocenters. The van der Waals surface area contributed by atoms with Gasteiger partial charge in [0, 0.05) is 21.2 Å². The molecule has 6 nitrogen and oxygen atoms in total. The average Bonchev–Trinajstić information content (AvgIpc) is 3.40. The number of anilines is 1.